The first-order valence-corrected chi connectivity index (χ1v) is 5.73. The Kier molecular flexibility index (Phi) is 3.11. The molecule has 0 spiro atoms. The van der Waals surface area contributed by atoms with Crippen LogP contribution in [0.4, 0.5) is 0 Å². The van der Waals surface area contributed by atoms with Gasteiger partial charge in [-0.3, -0.25) is 4.57 Å². The summed E-state index contributed by atoms with van der Waals surface area (Å²) in [6, 6.07) is 0. The van der Waals surface area contributed by atoms with Crippen LogP contribution in [-0.2, 0) is 13.6 Å². The highest BCUT2D eigenvalue weighted by Gasteiger charge is 2.43. The van der Waals surface area contributed by atoms with Crippen LogP contribution in [0.2, 0.25) is 0 Å². The maximum atomic E-state index is 11.7. The highest BCUT2D eigenvalue weighted by molar-refractivity contribution is 7.55. The fourth-order valence-corrected chi connectivity index (χ4v) is 3.00. The Labute approximate surface area is 67.6 Å². The third-order valence-electron chi connectivity index (χ3n) is 1.61. The van der Waals surface area contributed by atoms with Crippen molar-refractivity contribution in [1.82, 2.24) is 0 Å². The zero-order chi connectivity index (χ0) is 8.32. The minimum Gasteiger partial charge on any atom is -0.309 e. The van der Waals surface area contributed by atoms with Crippen molar-refractivity contribution in [3.05, 3.63) is 0 Å². The molecule has 3 nitrogen and oxygen atoms in total. The van der Waals surface area contributed by atoms with Gasteiger partial charge in [0, 0.05) is 0 Å². The van der Waals surface area contributed by atoms with Gasteiger partial charge in [-0.05, 0) is 26.7 Å². The molecule has 1 rings (SSSR count). The summed E-state index contributed by atoms with van der Waals surface area (Å²) in [7, 11) is -2.68. The lowest BCUT2D eigenvalue weighted by Gasteiger charge is -2.15. The van der Waals surface area contributed by atoms with E-state index in [4.69, 9.17) is 9.05 Å². The van der Waals surface area contributed by atoms with Crippen LogP contribution in [0.15, 0.2) is 0 Å². The van der Waals surface area contributed by atoms with E-state index < -0.39 is 7.60 Å². The minimum absolute atomic E-state index is 0.197. The SMILES string of the molecule is CCOP(=O)(OCC)C1CC1. The first-order valence-electron chi connectivity index (χ1n) is 4.11. The summed E-state index contributed by atoms with van der Waals surface area (Å²) >= 11 is 0. The molecule has 0 saturated heterocycles. The summed E-state index contributed by atoms with van der Waals surface area (Å²) in [6.45, 7) is 4.64. The fraction of sp³-hybridized carbons (Fsp3) is 1.00. The van der Waals surface area contributed by atoms with Crippen LogP contribution in [0.25, 0.3) is 0 Å². The van der Waals surface area contributed by atoms with Crippen LogP contribution in [0.1, 0.15) is 26.7 Å². The lowest BCUT2D eigenvalue weighted by atomic mass is 10.9. The molecule has 1 fully saturated rings. The van der Waals surface area contributed by atoms with Crippen LogP contribution in [0.5, 0.6) is 0 Å². The molecule has 0 aromatic rings. The Hall–Kier alpha value is 0.150. The van der Waals surface area contributed by atoms with Gasteiger partial charge in [0.1, 0.15) is 0 Å². The second kappa shape index (κ2) is 3.70. The van der Waals surface area contributed by atoms with Gasteiger partial charge in [-0.25, -0.2) is 0 Å². The van der Waals surface area contributed by atoms with Gasteiger partial charge in [0.2, 0.25) is 0 Å². The zero-order valence-electron chi connectivity index (χ0n) is 7.08. The predicted molar refractivity (Wildman–Crippen MR) is 43.9 cm³/mol. The normalized spacial score (nSPS) is 18.7. The van der Waals surface area contributed by atoms with Crippen LogP contribution in [0, 0.1) is 0 Å². The molecule has 4 heteroatoms. The van der Waals surface area contributed by atoms with Crippen LogP contribution < -0.4 is 0 Å². The molecule has 0 heterocycles. The molecule has 0 unspecified atom stereocenters. The average molecular weight is 178 g/mol. The summed E-state index contributed by atoms with van der Waals surface area (Å²) in [4.78, 5) is 0. The van der Waals surface area contributed by atoms with Crippen molar-refractivity contribution >= 4 is 7.60 Å². The van der Waals surface area contributed by atoms with E-state index in [1.807, 2.05) is 13.8 Å². The monoisotopic (exact) mass is 178 g/mol. The second-order valence-corrected chi connectivity index (χ2v) is 4.93. The maximum absolute atomic E-state index is 11.7. The van der Waals surface area contributed by atoms with E-state index in [0.29, 0.717) is 13.2 Å². The Morgan fingerprint density at radius 3 is 2.00 bits per heavy atom. The van der Waals surface area contributed by atoms with E-state index in [1.165, 1.54) is 0 Å². The molecule has 0 aromatic carbocycles. The summed E-state index contributed by atoms with van der Waals surface area (Å²) < 4.78 is 22.0. The number of hydrogen-bond acceptors (Lipinski definition) is 3. The molecule has 11 heavy (non-hydrogen) atoms. The van der Waals surface area contributed by atoms with E-state index in [-0.39, 0.29) is 5.66 Å². The molecule has 0 bridgehead atoms. The number of hydrogen-bond donors (Lipinski definition) is 0. The second-order valence-electron chi connectivity index (χ2n) is 2.61. The summed E-state index contributed by atoms with van der Waals surface area (Å²) in [6.07, 6.45) is 1.99. The Morgan fingerprint density at radius 2 is 1.73 bits per heavy atom. The molecule has 1 saturated carbocycles. The van der Waals surface area contributed by atoms with Crippen LogP contribution in [0.3, 0.4) is 0 Å². The highest BCUT2D eigenvalue weighted by atomic mass is 31.2. The van der Waals surface area contributed by atoms with Crippen LogP contribution >= 0.6 is 7.60 Å². The van der Waals surface area contributed by atoms with Gasteiger partial charge < -0.3 is 9.05 Å². The first kappa shape index (κ1) is 9.24. The molecule has 1 aliphatic carbocycles. The topological polar surface area (TPSA) is 35.5 Å². The summed E-state index contributed by atoms with van der Waals surface area (Å²) in [5.74, 6) is 0. The van der Waals surface area contributed by atoms with E-state index in [2.05, 4.69) is 0 Å². The zero-order valence-corrected chi connectivity index (χ0v) is 7.97. The van der Waals surface area contributed by atoms with Crippen molar-refractivity contribution in [3.63, 3.8) is 0 Å². The van der Waals surface area contributed by atoms with Crippen molar-refractivity contribution in [3.8, 4) is 0 Å². The largest absolute Gasteiger partial charge is 0.333 e. The van der Waals surface area contributed by atoms with Crippen molar-refractivity contribution in [2.45, 2.75) is 32.3 Å². The van der Waals surface area contributed by atoms with Crippen molar-refractivity contribution < 1.29 is 13.6 Å². The van der Waals surface area contributed by atoms with E-state index >= 15 is 0 Å². The number of rotatable bonds is 5. The Morgan fingerprint density at radius 1 is 1.27 bits per heavy atom. The molecular formula is C7H15O3P. The first-order chi connectivity index (χ1) is 5.23. The van der Waals surface area contributed by atoms with Gasteiger partial charge in [0.05, 0.1) is 18.9 Å². The third kappa shape index (κ3) is 2.29. The third-order valence-corrected chi connectivity index (χ3v) is 4.26. The van der Waals surface area contributed by atoms with Gasteiger partial charge in [-0.2, -0.15) is 0 Å². The molecule has 0 amide bonds. The van der Waals surface area contributed by atoms with Gasteiger partial charge in [-0.15, -0.1) is 0 Å². The lowest BCUT2D eigenvalue weighted by Crippen LogP contribution is -1.99. The van der Waals surface area contributed by atoms with Gasteiger partial charge in [0.15, 0.2) is 0 Å². The Balaban J connectivity index is 2.47. The van der Waals surface area contributed by atoms with E-state index in [1.54, 1.807) is 0 Å². The fourth-order valence-electron chi connectivity index (χ4n) is 0.999. The van der Waals surface area contributed by atoms with Gasteiger partial charge in [0.25, 0.3) is 0 Å². The molecule has 0 N–H and O–H groups in total. The maximum Gasteiger partial charge on any atom is 0.333 e. The van der Waals surface area contributed by atoms with Gasteiger partial charge in [-0.1, -0.05) is 0 Å². The molecule has 0 aliphatic heterocycles. The van der Waals surface area contributed by atoms with Crippen molar-refractivity contribution in [1.29, 1.82) is 0 Å². The minimum atomic E-state index is -2.68. The molecular weight excluding hydrogens is 163 g/mol. The summed E-state index contributed by atoms with van der Waals surface area (Å²) in [5.41, 5.74) is 0.197. The highest BCUT2D eigenvalue weighted by Crippen LogP contribution is 2.62. The van der Waals surface area contributed by atoms with E-state index in [9.17, 15) is 4.57 Å². The quantitative estimate of drug-likeness (QED) is 0.606. The smallest absolute Gasteiger partial charge is 0.309 e. The van der Waals surface area contributed by atoms with Gasteiger partial charge >= 0.3 is 7.60 Å². The lowest BCUT2D eigenvalue weighted by molar-refractivity contribution is 0.219. The summed E-state index contributed by atoms with van der Waals surface area (Å²) in [5, 5.41) is 0. The Bertz CT molecular complexity index is 155. The standard InChI is InChI=1S/C7H15O3P/c1-3-9-11(8,10-4-2)7-5-6-7/h7H,3-6H2,1-2H3. The van der Waals surface area contributed by atoms with Crippen molar-refractivity contribution in [2.24, 2.45) is 0 Å². The molecule has 66 valence electrons. The van der Waals surface area contributed by atoms with E-state index in [0.717, 1.165) is 12.8 Å². The molecule has 0 aromatic heterocycles. The van der Waals surface area contributed by atoms with Crippen LogP contribution in [-0.4, -0.2) is 18.9 Å². The molecule has 0 atom stereocenters. The van der Waals surface area contributed by atoms with Crippen molar-refractivity contribution in [2.75, 3.05) is 13.2 Å². The average Bonchev–Trinajstić information content (AvgIpc) is 2.68. The molecule has 1 aliphatic rings. The molecule has 0 radical (unpaired) electrons. The predicted octanol–water partition coefficient (Wildman–Crippen LogP) is 2.41.